The highest BCUT2D eigenvalue weighted by atomic mass is 19.1. The number of halogens is 1. The third-order valence-corrected chi connectivity index (χ3v) is 10.6. The molecule has 3 aliphatic heterocycles. The van der Waals surface area contributed by atoms with Crippen molar-refractivity contribution in [1.82, 2.24) is 24.8 Å². The van der Waals surface area contributed by atoms with Gasteiger partial charge in [-0.3, -0.25) is 9.69 Å². The summed E-state index contributed by atoms with van der Waals surface area (Å²) in [7, 11) is 2.17. The Morgan fingerprint density at radius 3 is 2.51 bits per heavy atom. The van der Waals surface area contributed by atoms with Crippen molar-refractivity contribution < 1.29 is 13.9 Å². The van der Waals surface area contributed by atoms with Crippen LogP contribution in [0.2, 0.25) is 0 Å². The van der Waals surface area contributed by atoms with Crippen molar-refractivity contribution in [2.45, 2.75) is 37.8 Å². The van der Waals surface area contributed by atoms with Crippen LogP contribution in [0, 0.1) is 11.2 Å². The normalized spacial score (nSPS) is 20.7. The number of ether oxygens (including phenoxy) is 1. The van der Waals surface area contributed by atoms with Crippen LogP contribution in [0.15, 0.2) is 48.7 Å². The van der Waals surface area contributed by atoms with Gasteiger partial charge in [0, 0.05) is 85.1 Å². The zero-order valence-electron chi connectivity index (χ0n) is 26.8. The number of carbonyl (C=O) groups is 1. The second-order valence-corrected chi connectivity index (χ2v) is 13.8. The Morgan fingerprint density at radius 2 is 1.81 bits per heavy atom. The smallest absolute Gasteiger partial charge is 0.271 e. The predicted octanol–water partition coefficient (Wildman–Crippen LogP) is 4.41. The molecule has 0 bridgehead atoms. The molecule has 12 heteroatoms. The number of aromatic nitrogens is 3. The summed E-state index contributed by atoms with van der Waals surface area (Å²) in [5.41, 5.74) is 9.50. The average molecular weight is 640 g/mol. The highest BCUT2D eigenvalue weighted by Crippen LogP contribution is 2.48. The summed E-state index contributed by atoms with van der Waals surface area (Å²) in [6, 6.07) is 13.7. The number of aromatic amines is 1. The lowest BCUT2D eigenvalue weighted by Crippen LogP contribution is -2.56. The molecule has 4 aromatic rings. The molecule has 11 nitrogen and oxygen atoms in total. The van der Waals surface area contributed by atoms with Crippen molar-refractivity contribution in [2.24, 2.45) is 11.1 Å². The number of likely N-dealkylation sites (N-methyl/N-ethyl adjacent to an activating group) is 1. The number of piperidine rings is 1. The second-order valence-electron chi connectivity index (χ2n) is 13.8. The van der Waals surface area contributed by atoms with Gasteiger partial charge in [0.1, 0.15) is 11.5 Å². The molecule has 5 N–H and O–H groups in total. The number of anilines is 4. The minimum absolute atomic E-state index is 0.00831. The van der Waals surface area contributed by atoms with Crippen LogP contribution < -0.4 is 21.3 Å². The highest BCUT2D eigenvalue weighted by molar-refractivity contribution is 6.01. The molecule has 0 unspecified atom stereocenters. The number of H-pyrrole nitrogens is 1. The Balaban J connectivity index is 1.05. The van der Waals surface area contributed by atoms with E-state index in [2.05, 4.69) is 37.4 Å². The number of rotatable bonds is 8. The van der Waals surface area contributed by atoms with E-state index in [4.69, 9.17) is 20.4 Å². The molecule has 3 saturated heterocycles. The number of primary amides is 1. The molecule has 4 aliphatic rings. The molecule has 246 valence electrons. The molecule has 1 amide bonds. The number of carbonyl (C=O) groups excluding carboxylic acids is 1. The van der Waals surface area contributed by atoms with E-state index in [1.54, 1.807) is 6.07 Å². The van der Waals surface area contributed by atoms with Crippen LogP contribution in [0.4, 0.5) is 27.4 Å². The van der Waals surface area contributed by atoms with Crippen LogP contribution in [0.1, 0.15) is 36.2 Å². The van der Waals surface area contributed by atoms with Gasteiger partial charge in [-0.05, 0) is 63.1 Å². The summed E-state index contributed by atoms with van der Waals surface area (Å²) in [4.78, 5) is 32.8. The van der Waals surface area contributed by atoms with Crippen LogP contribution in [-0.2, 0) is 4.74 Å². The fourth-order valence-corrected chi connectivity index (χ4v) is 7.82. The molecule has 0 radical (unpaired) electrons. The number of hydrogen-bond donors (Lipinski definition) is 4. The van der Waals surface area contributed by atoms with Crippen molar-refractivity contribution >= 4 is 39.8 Å². The third-order valence-electron chi connectivity index (χ3n) is 10.6. The van der Waals surface area contributed by atoms with E-state index in [0.29, 0.717) is 28.9 Å². The fourth-order valence-electron chi connectivity index (χ4n) is 7.82. The first-order valence-electron chi connectivity index (χ1n) is 16.7. The van der Waals surface area contributed by atoms with E-state index in [1.165, 1.54) is 6.07 Å². The number of piperazine rings is 1. The zero-order chi connectivity index (χ0) is 32.1. The number of hydrogen-bond acceptors (Lipinski definition) is 9. The topological polar surface area (TPSA) is 128 Å². The molecule has 1 saturated carbocycles. The number of nitrogens with zero attached hydrogens (tertiary/aromatic N) is 5. The number of amides is 1. The molecule has 5 heterocycles. The molecule has 2 aromatic heterocycles. The standard InChI is InChI=1S/C35H42FN9O2/c1-43-13-15-44(16-14-43)24-8-11-45(12-9-24)29-6-5-22(17-27(29)36)39-34-31(32(37)46)41-30(26-3-2-4-28-25(26)7-10-38-28)33(42-34)40-23-18-35(19-23)20-47-21-35/h2-7,10,17,23-24,38H,8-9,11-16,18-21H2,1H3,(H2,37,46)(H2,39,40,42). The molecule has 8 rings (SSSR count). The quantitative estimate of drug-likeness (QED) is 0.222. The maximum atomic E-state index is 15.7. The van der Waals surface area contributed by atoms with Crippen molar-refractivity contribution in [1.29, 1.82) is 0 Å². The van der Waals surface area contributed by atoms with Crippen molar-refractivity contribution in [3.05, 3.63) is 60.2 Å². The van der Waals surface area contributed by atoms with Crippen LogP contribution >= 0.6 is 0 Å². The van der Waals surface area contributed by atoms with E-state index in [-0.39, 0.29) is 28.8 Å². The summed E-state index contributed by atoms with van der Waals surface area (Å²) in [5.74, 6) is -0.306. The molecule has 4 fully saturated rings. The van der Waals surface area contributed by atoms with Crippen molar-refractivity contribution in [3.8, 4) is 11.3 Å². The van der Waals surface area contributed by atoms with Gasteiger partial charge >= 0.3 is 0 Å². The molecule has 1 spiro atoms. The van der Waals surface area contributed by atoms with E-state index >= 15 is 4.39 Å². The molecule has 1 aliphatic carbocycles. The van der Waals surface area contributed by atoms with Crippen LogP contribution in [0.5, 0.6) is 0 Å². The van der Waals surface area contributed by atoms with E-state index in [1.807, 2.05) is 36.5 Å². The number of benzene rings is 2. The Bertz CT molecular complexity index is 1780. The lowest BCUT2D eigenvalue weighted by Gasteiger charge is -2.53. The van der Waals surface area contributed by atoms with Gasteiger partial charge in [-0.2, -0.15) is 0 Å². The van der Waals surface area contributed by atoms with Gasteiger partial charge in [0.2, 0.25) is 0 Å². The number of nitrogens with two attached hydrogens (primary N) is 1. The van der Waals surface area contributed by atoms with E-state index < -0.39 is 5.91 Å². The maximum Gasteiger partial charge on any atom is 0.271 e. The minimum atomic E-state index is -0.719. The number of nitrogens with one attached hydrogen (secondary N) is 3. The SMILES string of the molecule is CN1CCN(C2CCN(c3ccc(Nc4nc(NC5CC6(COC6)C5)c(-c5cccc6[nH]ccc56)nc4C(N)=O)cc3F)CC2)CC1. The van der Waals surface area contributed by atoms with Gasteiger partial charge in [-0.15, -0.1) is 0 Å². The van der Waals surface area contributed by atoms with E-state index in [9.17, 15) is 4.79 Å². The molecule has 47 heavy (non-hydrogen) atoms. The largest absolute Gasteiger partial charge is 0.380 e. The fraction of sp³-hybridized carbons (Fsp3) is 0.457. The average Bonchev–Trinajstić information content (AvgIpc) is 3.52. The molecular weight excluding hydrogens is 597 g/mol. The Kier molecular flexibility index (Phi) is 7.73. The third kappa shape index (κ3) is 5.79. The first kappa shape index (κ1) is 30.1. The lowest BCUT2D eigenvalue weighted by atomic mass is 9.64. The summed E-state index contributed by atoms with van der Waals surface area (Å²) in [5, 5.41) is 7.72. The minimum Gasteiger partial charge on any atom is -0.380 e. The van der Waals surface area contributed by atoms with Gasteiger partial charge in [0.15, 0.2) is 17.3 Å². The van der Waals surface area contributed by atoms with Gasteiger partial charge in [-0.25, -0.2) is 14.4 Å². The second kappa shape index (κ2) is 12.1. The predicted molar refractivity (Wildman–Crippen MR) is 182 cm³/mol. The Morgan fingerprint density at radius 1 is 1.02 bits per heavy atom. The summed E-state index contributed by atoms with van der Waals surface area (Å²) in [6.45, 7) is 7.61. The Labute approximate surface area is 273 Å². The van der Waals surface area contributed by atoms with Gasteiger partial charge in [-0.1, -0.05) is 12.1 Å². The molecule has 2 aromatic carbocycles. The first-order valence-corrected chi connectivity index (χ1v) is 16.7. The van der Waals surface area contributed by atoms with Crippen molar-refractivity contribution in [2.75, 3.05) is 75.1 Å². The maximum absolute atomic E-state index is 15.7. The van der Waals surface area contributed by atoms with Crippen LogP contribution in [0.3, 0.4) is 0 Å². The monoisotopic (exact) mass is 639 g/mol. The number of fused-ring (bicyclic) bond motifs is 1. The highest BCUT2D eigenvalue weighted by Gasteiger charge is 2.50. The van der Waals surface area contributed by atoms with Gasteiger partial charge in [0.05, 0.1) is 18.9 Å². The van der Waals surface area contributed by atoms with Gasteiger partial charge in [0.25, 0.3) is 5.91 Å². The summed E-state index contributed by atoms with van der Waals surface area (Å²) < 4.78 is 21.1. The van der Waals surface area contributed by atoms with E-state index in [0.717, 1.165) is 94.6 Å². The lowest BCUT2D eigenvalue weighted by molar-refractivity contribution is -0.159. The molecular formula is C35H42FN9O2. The van der Waals surface area contributed by atoms with Gasteiger partial charge < -0.3 is 35.9 Å². The van der Waals surface area contributed by atoms with Crippen LogP contribution in [0.25, 0.3) is 22.2 Å². The zero-order valence-corrected chi connectivity index (χ0v) is 26.8. The molecule has 0 atom stereocenters. The van der Waals surface area contributed by atoms with Crippen LogP contribution in [-0.4, -0.2) is 102 Å². The summed E-state index contributed by atoms with van der Waals surface area (Å²) in [6.07, 6.45) is 5.87. The van der Waals surface area contributed by atoms with Crippen molar-refractivity contribution in [3.63, 3.8) is 0 Å². The first-order chi connectivity index (χ1) is 22.8. The Hall–Kier alpha value is -4.26. The summed E-state index contributed by atoms with van der Waals surface area (Å²) >= 11 is 0.